The molecule has 1 aromatic heterocycles. The van der Waals surface area contributed by atoms with Crippen molar-refractivity contribution >= 4 is 45.9 Å². The molecule has 1 aromatic carbocycles. The van der Waals surface area contributed by atoms with Crippen LogP contribution in [0.5, 0.6) is 0 Å². The Kier molecular flexibility index (Phi) is 4.75. The van der Waals surface area contributed by atoms with Gasteiger partial charge in [0.25, 0.3) is 6.17 Å². The van der Waals surface area contributed by atoms with Crippen molar-refractivity contribution in [1.82, 2.24) is 4.90 Å². The highest BCUT2D eigenvalue weighted by atomic mass is 32.2. The molecule has 1 aliphatic heterocycles. The molecular formula is C17H19N2OS3+. The van der Waals surface area contributed by atoms with E-state index in [1.807, 2.05) is 35.7 Å². The minimum atomic E-state index is -0.206. The Morgan fingerprint density at radius 3 is 2.65 bits per heavy atom. The fraction of sp³-hybridized carbons (Fsp3) is 0.294. The van der Waals surface area contributed by atoms with E-state index in [0.717, 1.165) is 9.20 Å². The zero-order valence-electron chi connectivity index (χ0n) is 13.0. The molecule has 0 bridgehead atoms. The Balaban J connectivity index is 1.91. The van der Waals surface area contributed by atoms with Crippen LogP contribution < -0.4 is 0 Å². The first-order valence-electron chi connectivity index (χ1n) is 7.36. The van der Waals surface area contributed by atoms with Gasteiger partial charge >= 0.3 is 0 Å². The second-order valence-electron chi connectivity index (χ2n) is 5.98. The molecule has 2 heterocycles. The minimum absolute atomic E-state index is 0.200. The van der Waals surface area contributed by atoms with Crippen molar-refractivity contribution in [3.8, 4) is 0 Å². The van der Waals surface area contributed by atoms with Gasteiger partial charge in [-0.25, -0.2) is 0 Å². The number of thiocarbonyl (C=S) groups is 1. The number of nitrogens with zero attached hydrogens (tertiary/aromatic N) is 2. The van der Waals surface area contributed by atoms with Crippen LogP contribution in [-0.4, -0.2) is 36.3 Å². The van der Waals surface area contributed by atoms with Gasteiger partial charge in [0.2, 0.25) is 6.21 Å². The SMILES string of the molecule is CC1(C)SC(=S)N(Cc2ccccc2)C1[N+](O)=Cc1cccs1. The first-order chi connectivity index (χ1) is 11.0. The summed E-state index contributed by atoms with van der Waals surface area (Å²) in [5.41, 5.74) is 1.18. The van der Waals surface area contributed by atoms with Crippen LogP contribution in [0.3, 0.4) is 0 Å². The first kappa shape index (κ1) is 16.5. The Bertz CT molecular complexity index is 711. The summed E-state index contributed by atoms with van der Waals surface area (Å²) in [4.78, 5) is 3.12. The monoisotopic (exact) mass is 363 g/mol. The molecule has 0 aliphatic carbocycles. The summed E-state index contributed by atoms with van der Waals surface area (Å²) >= 11 is 8.81. The Morgan fingerprint density at radius 2 is 2.00 bits per heavy atom. The molecular weight excluding hydrogens is 344 g/mol. The summed E-state index contributed by atoms with van der Waals surface area (Å²) in [5.74, 6) is 0. The molecule has 1 atom stereocenters. The number of hydroxylamine groups is 1. The maximum atomic E-state index is 10.7. The molecule has 1 N–H and O–H groups in total. The van der Waals surface area contributed by atoms with Crippen molar-refractivity contribution in [2.75, 3.05) is 0 Å². The van der Waals surface area contributed by atoms with Gasteiger partial charge in [0.1, 0.15) is 9.07 Å². The standard InChI is InChI=1S/C17H19N2OS3/c1-17(2)15(19(20)12-14-9-6-10-22-14)18(16(21)23-17)11-13-7-4-3-5-8-13/h3-10,12,15,20H,11H2,1-2H3/q+1. The summed E-state index contributed by atoms with van der Waals surface area (Å²) in [7, 11) is 0. The molecule has 1 aliphatic rings. The quantitative estimate of drug-likeness (QED) is 0.289. The van der Waals surface area contributed by atoms with E-state index in [-0.39, 0.29) is 10.9 Å². The normalized spacial score (nSPS) is 21.0. The zero-order chi connectivity index (χ0) is 16.4. The van der Waals surface area contributed by atoms with Crippen LogP contribution in [0.15, 0.2) is 47.8 Å². The van der Waals surface area contributed by atoms with Crippen molar-refractivity contribution in [1.29, 1.82) is 0 Å². The second kappa shape index (κ2) is 6.63. The molecule has 120 valence electrons. The van der Waals surface area contributed by atoms with Gasteiger partial charge in [0.15, 0.2) is 0 Å². The minimum Gasteiger partial charge on any atom is -0.291 e. The number of benzene rings is 1. The molecule has 1 fully saturated rings. The number of thioether (sulfide) groups is 1. The van der Waals surface area contributed by atoms with E-state index in [1.165, 1.54) is 10.3 Å². The highest BCUT2D eigenvalue weighted by molar-refractivity contribution is 8.24. The molecule has 2 aromatic rings. The Morgan fingerprint density at radius 1 is 1.26 bits per heavy atom. The molecule has 3 nitrogen and oxygen atoms in total. The zero-order valence-corrected chi connectivity index (χ0v) is 15.5. The fourth-order valence-electron chi connectivity index (χ4n) is 2.77. The first-order valence-corrected chi connectivity index (χ1v) is 9.47. The lowest BCUT2D eigenvalue weighted by atomic mass is 10.1. The maximum absolute atomic E-state index is 10.7. The van der Waals surface area contributed by atoms with Gasteiger partial charge in [-0.05, 0) is 35.6 Å². The second-order valence-corrected chi connectivity index (χ2v) is 9.25. The van der Waals surface area contributed by atoms with Crippen LogP contribution in [0.1, 0.15) is 24.3 Å². The van der Waals surface area contributed by atoms with Crippen LogP contribution in [-0.2, 0) is 6.54 Å². The van der Waals surface area contributed by atoms with Crippen molar-refractivity contribution in [2.45, 2.75) is 31.3 Å². The Labute approximate surface area is 150 Å². The third-order valence-corrected chi connectivity index (χ3v) is 6.19. The Hall–Kier alpha value is -1.37. The number of thiophene rings is 1. The van der Waals surface area contributed by atoms with Crippen LogP contribution in [0, 0.1) is 0 Å². The predicted molar refractivity (Wildman–Crippen MR) is 102 cm³/mol. The summed E-state index contributed by atoms with van der Waals surface area (Å²) in [6.45, 7) is 4.92. The van der Waals surface area contributed by atoms with E-state index in [2.05, 4.69) is 30.9 Å². The van der Waals surface area contributed by atoms with E-state index in [4.69, 9.17) is 12.2 Å². The summed E-state index contributed by atoms with van der Waals surface area (Å²) in [5, 5.41) is 12.7. The molecule has 23 heavy (non-hydrogen) atoms. The van der Waals surface area contributed by atoms with E-state index >= 15 is 0 Å². The average molecular weight is 364 g/mol. The molecule has 0 radical (unpaired) electrons. The largest absolute Gasteiger partial charge is 0.292 e. The molecule has 0 spiro atoms. The van der Waals surface area contributed by atoms with Crippen LogP contribution >= 0.6 is 35.3 Å². The fourth-order valence-corrected chi connectivity index (χ4v) is 5.29. The molecule has 0 amide bonds. The van der Waals surface area contributed by atoms with Crippen LogP contribution in [0.4, 0.5) is 0 Å². The lowest BCUT2D eigenvalue weighted by Crippen LogP contribution is -2.48. The van der Waals surface area contributed by atoms with E-state index in [0.29, 0.717) is 6.54 Å². The van der Waals surface area contributed by atoms with Gasteiger partial charge in [0, 0.05) is 0 Å². The molecule has 3 rings (SSSR count). The van der Waals surface area contributed by atoms with E-state index < -0.39 is 0 Å². The highest BCUT2D eigenvalue weighted by Gasteiger charge is 2.52. The molecule has 0 saturated carbocycles. The number of hydrogen-bond donors (Lipinski definition) is 1. The van der Waals surface area contributed by atoms with E-state index in [9.17, 15) is 5.21 Å². The summed E-state index contributed by atoms with van der Waals surface area (Å²) in [6, 6.07) is 14.2. The van der Waals surface area contributed by atoms with Crippen molar-refractivity contribution in [2.24, 2.45) is 0 Å². The molecule has 6 heteroatoms. The third-order valence-electron chi connectivity index (χ3n) is 3.75. The van der Waals surface area contributed by atoms with Crippen molar-refractivity contribution in [3.05, 3.63) is 58.3 Å². The van der Waals surface area contributed by atoms with Gasteiger partial charge in [-0.2, -0.15) is 0 Å². The van der Waals surface area contributed by atoms with Crippen molar-refractivity contribution in [3.63, 3.8) is 0 Å². The number of rotatable bonds is 4. The van der Waals surface area contributed by atoms with Crippen LogP contribution in [0.2, 0.25) is 0 Å². The molecule has 1 saturated heterocycles. The van der Waals surface area contributed by atoms with Gasteiger partial charge in [-0.15, -0.1) is 11.3 Å². The van der Waals surface area contributed by atoms with Gasteiger partial charge in [-0.3, -0.25) is 10.1 Å². The highest BCUT2D eigenvalue weighted by Crippen LogP contribution is 2.42. The topological polar surface area (TPSA) is 26.5 Å². The van der Waals surface area contributed by atoms with E-state index in [1.54, 1.807) is 29.3 Å². The lowest BCUT2D eigenvalue weighted by Gasteiger charge is -2.25. The van der Waals surface area contributed by atoms with Gasteiger partial charge in [-0.1, -0.05) is 60.4 Å². The third kappa shape index (κ3) is 3.59. The number of hydrogen-bond acceptors (Lipinski definition) is 4. The average Bonchev–Trinajstić information content (AvgIpc) is 3.06. The van der Waals surface area contributed by atoms with Gasteiger partial charge in [0.05, 0.1) is 11.4 Å². The lowest BCUT2D eigenvalue weighted by molar-refractivity contribution is -0.808. The summed E-state index contributed by atoms with van der Waals surface area (Å²) < 4.78 is 1.93. The van der Waals surface area contributed by atoms with Crippen LogP contribution in [0.25, 0.3) is 0 Å². The van der Waals surface area contributed by atoms with Crippen molar-refractivity contribution < 1.29 is 9.95 Å². The maximum Gasteiger partial charge on any atom is 0.292 e. The predicted octanol–water partition coefficient (Wildman–Crippen LogP) is 4.21. The van der Waals surface area contributed by atoms with Gasteiger partial charge < -0.3 is 0 Å². The summed E-state index contributed by atoms with van der Waals surface area (Å²) in [6.07, 6.45) is 1.58. The smallest absolute Gasteiger partial charge is 0.291 e. The molecule has 1 unspecified atom stereocenters.